The van der Waals surface area contributed by atoms with Crippen molar-refractivity contribution in [3.05, 3.63) is 35.5 Å². The number of aromatic amines is 1. The fraction of sp³-hybridized carbons (Fsp3) is 0.333. The number of halogens is 3. The summed E-state index contributed by atoms with van der Waals surface area (Å²) in [6, 6.07) is 8.35. The van der Waals surface area contributed by atoms with Gasteiger partial charge in [0.2, 0.25) is 0 Å². The molecular weight excluding hydrogens is 412 g/mol. The summed E-state index contributed by atoms with van der Waals surface area (Å²) < 4.78 is -0.405. The first kappa shape index (κ1) is 13.6. The minimum Gasteiger partial charge on any atom is -0.356 e. The molecule has 17 heavy (non-hydrogen) atoms. The second-order valence-electron chi connectivity index (χ2n) is 4.26. The average Bonchev–Trinajstić information content (AvgIpc) is 2.56. The number of hydrogen-bond acceptors (Lipinski definition) is 1. The van der Waals surface area contributed by atoms with Gasteiger partial charge in [0.05, 0.1) is 5.69 Å². The molecule has 0 saturated heterocycles. The number of H-pyrrole nitrogens is 1. The molecule has 2 nitrogen and oxygen atoms in total. The predicted molar refractivity (Wildman–Crippen MR) is 84.1 cm³/mol. The second-order valence-corrected chi connectivity index (χ2v) is 11.0. The summed E-state index contributed by atoms with van der Waals surface area (Å²) in [6.45, 7) is 0.893. The Labute approximate surface area is 126 Å². The number of nitrogens with zero attached hydrogens (tertiary/aromatic N) is 1. The Morgan fingerprint density at radius 1 is 1.18 bits per heavy atom. The smallest absolute Gasteiger partial charge is 0.174 e. The van der Waals surface area contributed by atoms with Gasteiger partial charge in [0.25, 0.3) is 0 Å². The third-order valence-corrected chi connectivity index (χ3v) is 3.76. The van der Waals surface area contributed by atoms with Gasteiger partial charge in [-0.3, -0.25) is 0 Å². The molecule has 0 spiro atoms. The lowest BCUT2D eigenvalue weighted by Crippen LogP contribution is -2.13. The first-order chi connectivity index (χ1) is 7.89. The van der Waals surface area contributed by atoms with E-state index in [4.69, 9.17) is 0 Å². The largest absolute Gasteiger partial charge is 0.356 e. The Hall–Kier alpha value is 0.160. The molecule has 0 unspecified atom stereocenters. The van der Waals surface area contributed by atoms with E-state index in [0.717, 1.165) is 17.8 Å². The quantitative estimate of drug-likeness (QED) is 0.702. The summed E-state index contributed by atoms with van der Waals surface area (Å²) in [5.41, 5.74) is 3.55. The van der Waals surface area contributed by atoms with E-state index in [1.165, 1.54) is 10.9 Å². The third-order valence-electron chi connectivity index (χ3n) is 2.57. The molecule has 0 aliphatic carbocycles. The maximum Gasteiger partial charge on any atom is 0.174 e. The van der Waals surface area contributed by atoms with Gasteiger partial charge in [0.1, 0.15) is 0 Å². The number of rotatable bonds is 2. The van der Waals surface area contributed by atoms with Crippen LogP contribution in [0.4, 0.5) is 0 Å². The number of hydrogen-bond donors (Lipinski definition) is 1. The number of aromatic nitrogens is 1. The minimum atomic E-state index is -0.405. The molecule has 1 aromatic heterocycles. The normalized spacial score (nSPS) is 12.6. The SMILES string of the molecule is CN(C)Cc1c(C(Br)(Br)Br)[nH]c2ccccc12. The van der Waals surface area contributed by atoms with Crippen molar-refractivity contribution in [3.8, 4) is 0 Å². The maximum absolute atomic E-state index is 3.59. The van der Waals surface area contributed by atoms with Gasteiger partial charge < -0.3 is 9.88 Å². The van der Waals surface area contributed by atoms with Crippen molar-refractivity contribution >= 4 is 58.7 Å². The third kappa shape index (κ3) is 2.95. The molecule has 0 amide bonds. The average molecular weight is 425 g/mol. The standard InChI is InChI=1S/C12H13Br3N2/c1-17(2)7-9-8-5-3-4-6-10(8)16-11(9)12(13,14)15/h3-6,16H,7H2,1-2H3. The van der Waals surface area contributed by atoms with Gasteiger partial charge in [0, 0.05) is 17.4 Å². The molecule has 0 bridgehead atoms. The molecule has 0 saturated carbocycles. The summed E-state index contributed by atoms with van der Waals surface area (Å²) in [4.78, 5) is 5.61. The van der Waals surface area contributed by atoms with Crippen LogP contribution in [0.1, 0.15) is 11.3 Å². The summed E-state index contributed by atoms with van der Waals surface area (Å²) in [7, 11) is 4.15. The van der Waals surface area contributed by atoms with Crippen molar-refractivity contribution in [2.75, 3.05) is 14.1 Å². The van der Waals surface area contributed by atoms with Gasteiger partial charge in [0.15, 0.2) is 2.14 Å². The molecule has 0 atom stereocenters. The lowest BCUT2D eigenvalue weighted by molar-refractivity contribution is 0.403. The Morgan fingerprint density at radius 2 is 1.82 bits per heavy atom. The molecule has 1 heterocycles. The molecule has 0 fully saturated rings. The minimum absolute atomic E-state index is 0.405. The van der Waals surface area contributed by atoms with Crippen molar-refractivity contribution in [2.24, 2.45) is 0 Å². The lowest BCUT2D eigenvalue weighted by Gasteiger charge is -2.16. The summed E-state index contributed by atoms with van der Waals surface area (Å²) in [5, 5.41) is 1.26. The molecule has 0 aliphatic rings. The number of alkyl halides is 3. The lowest BCUT2D eigenvalue weighted by atomic mass is 10.1. The van der Waals surface area contributed by atoms with Gasteiger partial charge in [-0.2, -0.15) is 0 Å². The van der Waals surface area contributed by atoms with Crippen molar-refractivity contribution in [1.29, 1.82) is 0 Å². The molecule has 0 radical (unpaired) electrons. The van der Waals surface area contributed by atoms with Gasteiger partial charge in [-0.1, -0.05) is 66.0 Å². The van der Waals surface area contributed by atoms with Crippen LogP contribution in [0.2, 0.25) is 0 Å². The molecule has 1 aromatic carbocycles. The van der Waals surface area contributed by atoms with E-state index in [1.54, 1.807) is 0 Å². The number of benzene rings is 1. The number of nitrogens with one attached hydrogen (secondary N) is 1. The molecule has 0 aliphatic heterocycles. The van der Waals surface area contributed by atoms with Crippen molar-refractivity contribution in [1.82, 2.24) is 9.88 Å². The van der Waals surface area contributed by atoms with E-state index < -0.39 is 2.14 Å². The van der Waals surface area contributed by atoms with Crippen LogP contribution >= 0.6 is 47.8 Å². The first-order valence-corrected chi connectivity index (χ1v) is 7.59. The highest BCUT2D eigenvalue weighted by atomic mass is 80.0. The van der Waals surface area contributed by atoms with Gasteiger partial charge in [-0.25, -0.2) is 0 Å². The predicted octanol–water partition coefficient (Wildman–Crippen LogP) is 4.52. The fourth-order valence-electron chi connectivity index (χ4n) is 1.92. The summed E-state index contributed by atoms with van der Waals surface area (Å²) in [5.74, 6) is 0. The van der Waals surface area contributed by atoms with Crippen molar-refractivity contribution < 1.29 is 0 Å². The molecular formula is C12H13Br3N2. The van der Waals surface area contributed by atoms with E-state index in [0.29, 0.717) is 0 Å². The van der Waals surface area contributed by atoms with Crippen molar-refractivity contribution in [2.45, 2.75) is 8.69 Å². The van der Waals surface area contributed by atoms with Crippen molar-refractivity contribution in [3.63, 3.8) is 0 Å². The van der Waals surface area contributed by atoms with Crippen LogP contribution in [0.25, 0.3) is 10.9 Å². The van der Waals surface area contributed by atoms with E-state index in [1.807, 2.05) is 6.07 Å². The zero-order valence-electron chi connectivity index (χ0n) is 9.60. The van der Waals surface area contributed by atoms with E-state index in [-0.39, 0.29) is 0 Å². The second kappa shape index (κ2) is 5.03. The first-order valence-electron chi connectivity index (χ1n) is 5.21. The van der Waals surface area contributed by atoms with Crippen LogP contribution < -0.4 is 0 Å². The maximum atomic E-state index is 3.59. The van der Waals surface area contributed by atoms with Crippen LogP contribution in [-0.4, -0.2) is 24.0 Å². The van der Waals surface area contributed by atoms with Gasteiger partial charge >= 0.3 is 0 Å². The zero-order chi connectivity index (χ0) is 12.6. The van der Waals surface area contributed by atoms with Gasteiger partial charge in [-0.15, -0.1) is 0 Å². The molecule has 2 rings (SSSR count). The molecule has 2 aromatic rings. The van der Waals surface area contributed by atoms with Crippen LogP contribution in [-0.2, 0) is 8.69 Å². The van der Waals surface area contributed by atoms with E-state index in [9.17, 15) is 0 Å². The Kier molecular flexibility index (Phi) is 4.02. The topological polar surface area (TPSA) is 19.0 Å². The van der Waals surface area contributed by atoms with Gasteiger partial charge in [-0.05, 0) is 25.7 Å². The van der Waals surface area contributed by atoms with Crippen LogP contribution in [0.5, 0.6) is 0 Å². The highest BCUT2D eigenvalue weighted by Crippen LogP contribution is 2.46. The highest BCUT2D eigenvalue weighted by molar-refractivity contribution is 9.38. The number of fused-ring (bicyclic) bond motifs is 1. The number of para-hydroxylation sites is 1. The Morgan fingerprint density at radius 3 is 2.41 bits per heavy atom. The van der Waals surface area contributed by atoms with E-state index >= 15 is 0 Å². The zero-order valence-corrected chi connectivity index (χ0v) is 14.4. The molecule has 5 heteroatoms. The van der Waals surface area contributed by atoms with Crippen LogP contribution in [0, 0.1) is 0 Å². The summed E-state index contributed by atoms with van der Waals surface area (Å²) in [6.07, 6.45) is 0. The van der Waals surface area contributed by atoms with Crippen LogP contribution in [0.15, 0.2) is 24.3 Å². The monoisotopic (exact) mass is 422 g/mol. The molecule has 92 valence electrons. The highest BCUT2D eigenvalue weighted by Gasteiger charge is 2.27. The van der Waals surface area contributed by atoms with Crippen LogP contribution in [0.3, 0.4) is 0 Å². The Balaban J connectivity index is 2.65. The summed E-state index contributed by atoms with van der Waals surface area (Å²) >= 11 is 10.8. The fourth-order valence-corrected chi connectivity index (χ4v) is 2.94. The molecule has 1 N–H and O–H groups in total. The Bertz CT molecular complexity index is 526. The van der Waals surface area contributed by atoms with E-state index in [2.05, 4.69) is 90.0 Å².